The fourth-order valence-electron chi connectivity index (χ4n) is 2.92. The van der Waals surface area contributed by atoms with Crippen molar-refractivity contribution in [3.8, 4) is 5.88 Å². The van der Waals surface area contributed by atoms with Crippen LogP contribution >= 0.6 is 0 Å². The summed E-state index contributed by atoms with van der Waals surface area (Å²) in [6.45, 7) is 4.94. The van der Waals surface area contributed by atoms with Gasteiger partial charge in [0.05, 0.1) is 12.7 Å². The number of likely N-dealkylation sites (N-methyl/N-ethyl adjacent to an activating group) is 1. The fourth-order valence-corrected chi connectivity index (χ4v) is 2.92. The zero-order valence-corrected chi connectivity index (χ0v) is 13.0. The van der Waals surface area contributed by atoms with E-state index in [0.717, 1.165) is 45.6 Å². The Labute approximate surface area is 130 Å². The summed E-state index contributed by atoms with van der Waals surface area (Å²) in [5.41, 5.74) is 0. The molecule has 2 amide bonds. The third-order valence-corrected chi connectivity index (χ3v) is 4.25. The van der Waals surface area contributed by atoms with Gasteiger partial charge in [-0.05, 0) is 19.9 Å². The van der Waals surface area contributed by atoms with Crippen molar-refractivity contribution in [2.45, 2.75) is 18.9 Å². The van der Waals surface area contributed by atoms with Gasteiger partial charge in [0.1, 0.15) is 6.10 Å². The number of nitrogens with zero attached hydrogens (tertiary/aromatic N) is 5. The summed E-state index contributed by atoms with van der Waals surface area (Å²) in [6, 6.07) is 0.139. The number of likely N-dealkylation sites (tertiary alicyclic amines) is 1. The van der Waals surface area contributed by atoms with Crippen LogP contribution in [0.15, 0.2) is 18.6 Å². The average molecular weight is 305 g/mol. The highest BCUT2D eigenvalue weighted by atomic mass is 16.5. The predicted molar refractivity (Wildman–Crippen MR) is 81.7 cm³/mol. The highest BCUT2D eigenvalue weighted by Gasteiger charge is 2.29. The summed E-state index contributed by atoms with van der Waals surface area (Å²) in [6.07, 6.45) is 6.76. The van der Waals surface area contributed by atoms with E-state index >= 15 is 0 Å². The first-order chi connectivity index (χ1) is 10.7. The number of piperidine rings is 1. The van der Waals surface area contributed by atoms with Crippen LogP contribution in [0.1, 0.15) is 12.8 Å². The normalized spacial score (nSPS) is 23.4. The van der Waals surface area contributed by atoms with Gasteiger partial charge in [0, 0.05) is 45.1 Å². The van der Waals surface area contributed by atoms with Crippen LogP contribution in [0.2, 0.25) is 0 Å². The minimum absolute atomic E-state index is 0.00173. The molecule has 0 aliphatic carbocycles. The smallest absolute Gasteiger partial charge is 0.320 e. The van der Waals surface area contributed by atoms with Gasteiger partial charge in [-0.15, -0.1) is 0 Å². The van der Waals surface area contributed by atoms with Crippen molar-refractivity contribution in [3.05, 3.63) is 18.6 Å². The molecule has 2 aliphatic rings. The largest absolute Gasteiger partial charge is 0.471 e. The molecule has 3 rings (SSSR count). The highest BCUT2D eigenvalue weighted by molar-refractivity contribution is 5.74. The zero-order valence-electron chi connectivity index (χ0n) is 13.0. The Morgan fingerprint density at radius 3 is 2.73 bits per heavy atom. The molecule has 2 fully saturated rings. The number of carbonyl (C=O) groups excluding carboxylic acids is 1. The van der Waals surface area contributed by atoms with Gasteiger partial charge in [-0.3, -0.25) is 4.98 Å². The molecule has 7 nitrogen and oxygen atoms in total. The summed E-state index contributed by atoms with van der Waals surface area (Å²) in [7, 11) is 2.09. The van der Waals surface area contributed by atoms with Crippen LogP contribution in [0, 0.1) is 0 Å². The lowest BCUT2D eigenvalue weighted by atomic mass is 10.1. The van der Waals surface area contributed by atoms with Gasteiger partial charge in [-0.2, -0.15) is 0 Å². The summed E-state index contributed by atoms with van der Waals surface area (Å²) >= 11 is 0. The summed E-state index contributed by atoms with van der Waals surface area (Å²) in [5.74, 6) is 0.529. The number of rotatable bonds is 2. The van der Waals surface area contributed by atoms with Crippen LogP contribution in [-0.2, 0) is 0 Å². The van der Waals surface area contributed by atoms with E-state index in [1.54, 1.807) is 18.6 Å². The second-order valence-corrected chi connectivity index (χ2v) is 5.94. The molecule has 1 atom stereocenters. The van der Waals surface area contributed by atoms with E-state index < -0.39 is 0 Å². The molecular weight excluding hydrogens is 282 g/mol. The zero-order chi connectivity index (χ0) is 15.4. The van der Waals surface area contributed by atoms with Gasteiger partial charge in [0.2, 0.25) is 5.88 Å². The van der Waals surface area contributed by atoms with Crippen molar-refractivity contribution < 1.29 is 9.53 Å². The average Bonchev–Trinajstić information content (AvgIpc) is 2.56. The molecule has 22 heavy (non-hydrogen) atoms. The first-order valence-corrected chi connectivity index (χ1v) is 7.87. The lowest BCUT2D eigenvalue weighted by Gasteiger charge is -2.39. The standard InChI is InChI=1S/C15H23N5O2/c1-18-7-9-19(10-8-18)15(21)20-6-2-3-13(12-20)22-14-11-16-4-5-17-14/h4-5,11,13H,2-3,6-10,12H2,1H3. The van der Waals surface area contributed by atoms with Gasteiger partial charge in [-0.25, -0.2) is 9.78 Å². The molecule has 1 aromatic rings. The van der Waals surface area contributed by atoms with Gasteiger partial charge >= 0.3 is 6.03 Å². The Bertz CT molecular complexity index is 490. The third kappa shape index (κ3) is 3.65. The maximum Gasteiger partial charge on any atom is 0.320 e. The molecule has 0 aromatic carbocycles. The maximum atomic E-state index is 12.6. The first-order valence-electron chi connectivity index (χ1n) is 7.87. The van der Waals surface area contributed by atoms with E-state index in [-0.39, 0.29) is 12.1 Å². The number of amides is 2. The number of piperazine rings is 1. The lowest BCUT2D eigenvalue weighted by Crippen LogP contribution is -2.54. The second kappa shape index (κ2) is 6.91. The van der Waals surface area contributed by atoms with Crippen LogP contribution < -0.4 is 4.74 Å². The minimum atomic E-state index is 0.00173. The number of hydrogen-bond donors (Lipinski definition) is 0. The van der Waals surface area contributed by atoms with E-state index in [2.05, 4.69) is 21.9 Å². The molecule has 0 saturated carbocycles. The van der Waals surface area contributed by atoms with Gasteiger partial charge < -0.3 is 19.4 Å². The van der Waals surface area contributed by atoms with E-state index in [9.17, 15) is 4.79 Å². The quantitative estimate of drug-likeness (QED) is 0.804. The van der Waals surface area contributed by atoms with E-state index in [1.807, 2.05) is 9.80 Å². The molecule has 0 radical (unpaired) electrons. The summed E-state index contributed by atoms with van der Waals surface area (Å²) < 4.78 is 5.85. The molecule has 2 aliphatic heterocycles. The Kier molecular flexibility index (Phi) is 4.72. The summed E-state index contributed by atoms with van der Waals surface area (Å²) in [4.78, 5) is 26.9. The van der Waals surface area contributed by atoms with Gasteiger partial charge in [-0.1, -0.05) is 0 Å². The second-order valence-electron chi connectivity index (χ2n) is 5.94. The molecule has 0 spiro atoms. The number of hydrogen-bond acceptors (Lipinski definition) is 5. The Morgan fingerprint density at radius 1 is 1.18 bits per heavy atom. The molecule has 2 saturated heterocycles. The van der Waals surface area contributed by atoms with Crippen LogP contribution in [0.3, 0.4) is 0 Å². The van der Waals surface area contributed by atoms with E-state index in [0.29, 0.717) is 12.4 Å². The Balaban J connectivity index is 1.55. The van der Waals surface area contributed by atoms with Crippen LogP contribution in [-0.4, -0.2) is 83.1 Å². The topological polar surface area (TPSA) is 61.8 Å². The number of urea groups is 1. The van der Waals surface area contributed by atoms with Crippen molar-refractivity contribution in [2.24, 2.45) is 0 Å². The van der Waals surface area contributed by atoms with Crippen LogP contribution in [0.25, 0.3) is 0 Å². The molecule has 1 unspecified atom stereocenters. The predicted octanol–water partition coefficient (Wildman–Crippen LogP) is 0.687. The van der Waals surface area contributed by atoms with Crippen LogP contribution in [0.5, 0.6) is 5.88 Å². The van der Waals surface area contributed by atoms with Crippen molar-refractivity contribution in [1.82, 2.24) is 24.7 Å². The van der Waals surface area contributed by atoms with E-state index in [1.165, 1.54) is 0 Å². The van der Waals surface area contributed by atoms with Gasteiger partial charge in [0.25, 0.3) is 0 Å². The molecule has 0 N–H and O–H groups in total. The molecule has 0 bridgehead atoms. The molecule has 7 heteroatoms. The SMILES string of the molecule is CN1CCN(C(=O)N2CCCC(Oc3cnccn3)C2)CC1. The van der Waals surface area contributed by atoms with E-state index in [4.69, 9.17) is 4.74 Å². The molecule has 3 heterocycles. The van der Waals surface area contributed by atoms with Crippen molar-refractivity contribution >= 4 is 6.03 Å². The van der Waals surface area contributed by atoms with Crippen molar-refractivity contribution in [1.29, 1.82) is 0 Å². The van der Waals surface area contributed by atoms with Gasteiger partial charge in [0.15, 0.2) is 0 Å². The maximum absolute atomic E-state index is 12.6. The van der Waals surface area contributed by atoms with Crippen molar-refractivity contribution in [3.63, 3.8) is 0 Å². The number of aromatic nitrogens is 2. The summed E-state index contributed by atoms with van der Waals surface area (Å²) in [5, 5.41) is 0. The Morgan fingerprint density at radius 2 is 2.00 bits per heavy atom. The molecule has 120 valence electrons. The highest BCUT2D eigenvalue weighted by Crippen LogP contribution is 2.17. The number of ether oxygens (including phenoxy) is 1. The monoisotopic (exact) mass is 305 g/mol. The Hall–Kier alpha value is -1.89. The van der Waals surface area contributed by atoms with Crippen LogP contribution in [0.4, 0.5) is 4.79 Å². The van der Waals surface area contributed by atoms with Crippen molar-refractivity contribution in [2.75, 3.05) is 46.3 Å². The third-order valence-electron chi connectivity index (χ3n) is 4.25. The molecular formula is C15H23N5O2. The minimum Gasteiger partial charge on any atom is -0.471 e. The number of carbonyl (C=O) groups is 1. The lowest BCUT2D eigenvalue weighted by molar-refractivity contribution is 0.0729. The fraction of sp³-hybridized carbons (Fsp3) is 0.667. The molecule has 1 aromatic heterocycles. The first kappa shape index (κ1) is 15.0.